The fraction of sp³-hybridized carbons (Fsp3) is 0.267. The minimum atomic E-state index is -0.0217. The Balaban J connectivity index is 1.81. The maximum Gasteiger partial charge on any atom is 0.220 e. The molecule has 0 atom stereocenters. The smallest absolute Gasteiger partial charge is 0.220 e. The summed E-state index contributed by atoms with van der Waals surface area (Å²) in [5, 5.41) is 12.3. The molecule has 6 heteroatoms. The van der Waals surface area contributed by atoms with Crippen LogP contribution in [0.3, 0.4) is 0 Å². The minimum absolute atomic E-state index is 0.0217. The largest absolute Gasteiger partial charge is 0.504 e. The van der Waals surface area contributed by atoms with Crippen LogP contribution in [-0.4, -0.2) is 18.1 Å². The molecule has 1 amide bonds. The zero-order valence-corrected chi connectivity index (χ0v) is 13.1. The molecule has 0 saturated heterocycles. The Morgan fingerprint density at radius 3 is 2.86 bits per heavy atom. The van der Waals surface area contributed by atoms with Gasteiger partial charge in [-0.3, -0.25) is 4.79 Å². The molecule has 2 rings (SSSR count). The van der Waals surface area contributed by atoms with Crippen molar-refractivity contribution in [2.24, 2.45) is 0 Å². The first-order valence-electron chi connectivity index (χ1n) is 6.45. The number of aromatic hydroxyl groups is 1. The summed E-state index contributed by atoms with van der Waals surface area (Å²) in [7, 11) is 1.49. The molecule has 0 aliphatic carbocycles. The molecule has 1 aromatic carbocycles. The number of thiophene rings is 1. The van der Waals surface area contributed by atoms with Gasteiger partial charge in [0.05, 0.1) is 11.4 Å². The molecule has 0 aliphatic heterocycles. The van der Waals surface area contributed by atoms with Gasteiger partial charge in [-0.2, -0.15) is 0 Å². The molecule has 1 heterocycles. The standard InChI is InChI=1S/C15H16ClNO3S/c1-20-13-8-10(2-5-12(13)18)9-17-15(19)7-4-11-3-6-14(16)21-11/h2-3,5-6,8,18H,4,7,9H2,1H3,(H,17,19). The first-order chi connectivity index (χ1) is 10.1. The zero-order valence-electron chi connectivity index (χ0n) is 11.6. The molecule has 0 radical (unpaired) electrons. The maximum atomic E-state index is 11.8. The Bertz CT molecular complexity index is 627. The number of hydrogen-bond acceptors (Lipinski definition) is 4. The molecule has 21 heavy (non-hydrogen) atoms. The average molecular weight is 326 g/mol. The van der Waals surface area contributed by atoms with Crippen LogP contribution in [0.15, 0.2) is 30.3 Å². The van der Waals surface area contributed by atoms with E-state index in [4.69, 9.17) is 16.3 Å². The van der Waals surface area contributed by atoms with Gasteiger partial charge in [0.15, 0.2) is 11.5 Å². The van der Waals surface area contributed by atoms with Crippen LogP contribution in [0.2, 0.25) is 4.34 Å². The Labute approximate surface area is 132 Å². The van der Waals surface area contributed by atoms with Gasteiger partial charge in [-0.15, -0.1) is 11.3 Å². The normalized spacial score (nSPS) is 10.4. The van der Waals surface area contributed by atoms with E-state index in [0.29, 0.717) is 25.1 Å². The average Bonchev–Trinajstić information content (AvgIpc) is 2.90. The first-order valence-corrected chi connectivity index (χ1v) is 7.64. The molecule has 0 aliphatic rings. The molecule has 0 bridgehead atoms. The van der Waals surface area contributed by atoms with Crippen LogP contribution in [0.5, 0.6) is 11.5 Å². The molecule has 0 fully saturated rings. The summed E-state index contributed by atoms with van der Waals surface area (Å²) in [4.78, 5) is 12.9. The van der Waals surface area contributed by atoms with Crippen molar-refractivity contribution in [3.63, 3.8) is 0 Å². The van der Waals surface area contributed by atoms with Crippen molar-refractivity contribution < 1.29 is 14.6 Å². The van der Waals surface area contributed by atoms with E-state index in [1.54, 1.807) is 18.2 Å². The van der Waals surface area contributed by atoms with Crippen LogP contribution in [0.4, 0.5) is 0 Å². The molecular formula is C15H16ClNO3S. The summed E-state index contributed by atoms with van der Waals surface area (Å²) < 4.78 is 5.76. The van der Waals surface area contributed by atoms with Crippen molar-refractivity contribution in [3.8, 4) is 11.5 Å². The van der Waals surface area contributed by atoms with Crippen LogP contribution >= 0.6 is 22.9 Å². The highest BCUT2D eigenvalue weighted by Gasteiger charge is 2.06. The van der Waals surface area contributed by atoms with Crippen molar-refractivity contribution >= 4 is 28.8 Å². The Morgan fingerprint density at radius 1 is 1.38 bits per heavy atom. The van der Waals surface area contributed by atoms with Crippen molar-refractivity contribution in [3.05, 3.63) is 45.1 Å². The molecule has 1 aromatic heterocycles. The Kier molecular flexibility index (Phi) is 5.47. The van der Waals surface area contributed by atoms with Crippen LogP contribution in [0.1, 0.15) is 16.9 Å². The molecule has 0 saturated carbocycles. The number of ether oxygens (including phenoxy) is 1. The van der Waals surface area contributed by atoms with Gasteiger partial charge in [0.25, 0.3) is 0 Å². The summed E-state index contributed by atoms with van der Waals surface area (Å²) in [5.74, 6) is 0.462. The number of rotatable bonds is 6. The molecular weight excluding hydrogens is 310 g/mol. The molecule has 2 aromatic rings. The third-order valence-electron chi connectivity index (χ3n) is 2.96. The number of hydrogen-bond donors (Lipinski definition) is 2. The number of nitrogens with one attached hydrogen (secondary N) is 1. The van der Waals surface area contributed by atoms with Gasteiger partial charge in [-0.1, -0.05) is 17.7 Å². The van der Waals surface area contributed by atoms with Crippen LogP contribution in [0.25, 0.3) is 0 Å². The van der Waals surface area contributed by atoms with Crippen LogP contribution in [-0.2, 0) is 17.8 Å². The highest BCUT2D eigenvalue weighted by atomic mass is 35.5. The summed E-state index contributed by atoms with van der Waals surface area (Å²) in [5.41, 5.74) is 0.872. The van der Waals surface area contributed by atoms with Gasteiger partial charge >= 0.3 is 0 Å². The Morgan fingerprint density at radius 2 is 2.19 bits per heavy atom. The van der Waals surface area contributed by atoms with Crippen molar-refractivity contribution in [2.75, 3.05) is 7.11 Å². The Hall–Kier alpha value is -1.72. The second kappa shape index (κ2) is 7.33. The number of amides is 1. The van der Waals surface area contributed by atoms with Crippen molar-refractivity contribution in [2.45, 2.75) is 19.4 Å². The van der Waals surface area contributed by atoms with E-state index >= 15 is 0 Å². The second-order valence-corrected chi connectivity index (χ2v) is 6.29. The van der Waals surface area contributed by atoms with Crippen molar-refractivity contribution in [1.82, 2.24) is 5.32 Å². The number of carbonyl (C=O) groups excluding carboxylic acids is 1. The van der Waals surface area contributed by atoms with Gasteiger partial charge in [0.1, 0.15) is 0 Å². The number of halogens is 1. The maximum absolute atomic E-state index is 11.8. The molecule has 2 N–H and O–H groups in total. The lowest BCUT2D eigenvalue weighted by Gasteiger charge is -2.08. The second-order valence-electron chi connectivity index (χ2n) is 4.49. The van der Waals surface area contributed by atoms with Gasteiger partial charge in [0.2, 0.25) is 5.91 Å². The van der Waals surface area contributed by atoms with Crippen LogP contribution < -0.4 is 10.1 Å². The van der Waals surface area contributed by atoms with Gasteiger partial charge < -0.3 is 15.2 Å². The van der Waals surface area contributed by atoms with Gasteiger partial charge in [-0.05, 0) is 36.2 Å². The van der Waals surface area contributed by atoms with E-state index in [9.17, 15) is 9.90 Å². The predicted octanol–water partition coefficient (Wildman–Crippen LogP) is 3.36. The lowest BCUT2D eigenvalue weighted by molar-refractivity contribution is -0.121. The fourth-order valence-electron chi connectivity index (χ4n) is 1.84. The zero-order chi connectivity index (χ0) is 15.2. The number of aryl methyl sites for hydroxylation is 1. The molecule has 112 valence electrons. The molecule has 0 unspecified atom stereocenters. The fourth-order valence-corrected chi connectivity index (χ4v) is 2.93. The number of phenols is 1. The lowest BCUT2D eigenvalue weighted by Crippen LogP contribution is -2.22. The van der Waals surface area contributed by atoms with E-state index in [0.717, 1.165) is 14.8 Å². The van der Waals surface area contributed by atoms with Gasteiger partial charge in [-0.25, -0.2) is 0 Å². The predicted molar refractivity (Wildman–Crippen MR) is 84.2 cm³/mol. The third-order valence-corrected chi connectivity index (χ3v) is 4.25. The minimum Gasteiger partial charge on any atom is -0.504 e. The van der Waals surface area contributed by atoms with E-state index in [1.807, 2.05) is 12.1 Å². The SMILES string of the molecule is COc1cc(CNC(=O)CCc2ccc(Cl)s2)ccc1O. The first kappa shape index (κ1) is 15.7. The monoisotopic (exact) mass is 325 g/mol. The van der Waals surface area contributed by atoms with E-state index in [2.05, 4.69) is 5.32 Å². The topological polar surface area (TPSA) is 58.6 Å². The highest BCUT2D eigenvalue weighted by molar-refractivity contribution is 7.16. The number of methoxy groups -OCH3 is 1. The van der Waals surface area contributed by atoms with Crippen molar-refractivity contribution in [1.29, 1.82) is 0 Å². The summed E-state index contributed by atoms with van der Waals surface area (Å²) >= 11 is 7.34. The number of benzene rings is 1. The highest BCUT2D eigenvalue weighted by Crippen LogP contribution is 2.26. The van der Waals surface area contributed by atoms with Crippen LogP contribution in [0, 0.1) is 0 Å². The summed E-state index contributed by atoms with van der Waals surface area (Å²) in [6.45, 7) is 0.403. The van der Waals surface area contributed by atoms with E-state index < -0.39 is 0 Å². The summed E-state index contributed by atoms with van der Waals surface area (Å²) in [6, 6.07) is 8.77. The third kappa shape index (κ3) is 4.65. The molecule has 4 nitrogen and oxygen atoms in total. The van der Waals surface area contributed by atoms with E-state index in [-0.39, 0.29) is 11.7 Å². The van der Waals surface area contributed by atoms with E-state index in [1.165, 1.54) is 18.4 Å². The summed E-state index contributed by atoms with van der Waals surface area (Å²) in [6.07, 6.45) is 1.11. The van der Waals surface area contributed by atoms with Gasteiger partial charge in [0, 0.05) is 17.8 Å². The quantitative estimate of drug-likeness (QED) is 0.856. The number of carbonyl (C=O) groups is 1. The number of phenolic OH excluding ortho intramolecular Hbond substituents is 1. The molecule has 0 spiro atoms. The lowest BCUT2D eigenvalue weighted by atomic mass is 10.2.